The Morgan fingerprint density at radius 1 is 1.20 bits per heavy atom. The average Bonchev–Trinajstić information content (AvgIpc) is 2.84. The van der Waals surface area contributed by atoms with E-state index in [0.717, 1.165) is 12.1 Å². The van der Waals surface area contributed by atoms with Gasteiger partial charge in [0.2, 0.25) is 0 Å². The monoisotopic (exact) mass is 269 g/mol. The molecule has 0 saturated carbocycles. The van der Waals surface area contributed by atoms with Crippen LogP contribution in [0.25, 0.3) is 11.3 Å². The largest absolute Gasteiger partial charge is 0.367 e. The number of nitrogens with zero attached hydrogens (tertiary/aromatic N) is 2. The lowest BCUT2D eigenvalue weighted by molar-refractivity contribution is 0.363. The molecule has 20 heavy (non-hydrogen) atoms. The summed E-state index contributed by atoms with van der Waals surface area (Å²) in [5.74, 6) is 1.22. The van der Waals surface area contributed by atoms with Crippen LogP contribution in [0.5, 0.6) is 0 Å². The fourth-order valence-electron chi connectivity index (χ4n) is 3.11. The van der Waals surface area contributed by atoms with Gasteiger partial charge in [-0.2, -0.15) is 5.10 Å². The number of fused-ring (bicyclic) bond motifs is 1. The van der Waals surface area contributed by atoms with Crippen LogP contribution in [-0.4, -0.2) is 15.8 Å². The van der Waals surface area contributed by atoms with Gasteiger partial charge >= 0.3 is 0 Å². The molecule has 3 rings (SSSR count). The molecule has 2 atom stereocenters. The van der Waals surface area contributed by atoms with Gasteiger partial charge in [-0.3, -0.25) is 0 Å². The van der Waals surface area contributed by atoms with Gasteiger partial charge in [0.15, 0.2) is 0 Å². The maximum absolute atomic E-state index is 4.90. The topological polar surface area (TPSA) is 29.9 Å². The highest BCUT2D eigenvalue weighted by molar-refractivity contribution is 5.69. The molecule has 3 nitrogen and oxygen atoms in total. The van der Waals surface area contributed by atoms with Gasteiger partial charge in [-0.15, -0.1) is 0 Å². The van der Waals surface area contributed by atoms with Gasteiger partial charge in [-0.1, -0.05) is 44.2 Å². The Morgan fingerprint density at radius 2 is 1.95 bits per heavy atom. The normalized spacial score (nSPS) is 21.4. The second-order valence-corrected chi connectivity index (χ2v) is 5.68. The smallest absolute Gasteiger partial charge is 0.128 e. The van der Waals surface area contributed by atoms with Crippen molar-refractivity contribution < 1.29 is 0 Å². The number of aromatic nitrogens is 2. The van der Waals surface area contributed by atoms with E-state index < -0.39 is 0 Å². The van der Waals surface area contributed by atoms with Gasteiger partial charge in [0.25, 0.3) is 0 Å². The van der Waals surface area contributed by atoms with Crippen molar-refractivity contribution in [1.82, 2.24) is 9.78 Å². The number of rotatable bonds is 3. The van der Waals surface area contributed by atoms with Crippen molar-refractivity contribution in [3.05, 3.63) is 35.9 Å². The number of anilines is 1. The third-order valence-electron chi connectivity index (χ3n) is 4.40. The van der Waals surface area contributed by atoms with Crippen molar-refractivity contribution >= 4 is 5.82 Å². The summed E-state index contributed by atoms with van der Waals surface area (Å²) in [6.07, 6.45) is 3.48. The van der Waals surface area contributed by atoms with Crippen LogP contribution < -0.4 is 5.32 Å². The maximum atomic E-state index is 4.90. The second kappa shape index (κ2) is 5.31. The third-order valence-corrected chi connectivity index (χ3v) is 4.40. The van der Waals surface area contributed by atoms with Gasteiger partial charge in [-0.25, -0.2) is 4.68 Å². The minimum absolute atomic E-state index is 0.521. The minimum Gasteiger partial charge on any atom is -0.367 e. The molecule has 0 fully saturated rings. The second-order valence-electron chi connectivity index (χ2n) is 5.68. The van der Waals surface area contributed by atoms with Gasteiger partial charge in [0.1, 0.15) is 5.82 Å². The molecule has 1 aromatic carbocycles. The summed E-state index contributed by atoms with van der Waals surface area (Å²) in [4.78, 5) is 0. The van der Waals surface area contributed by atoms with E-state index in [1.165, 1.54) is 29.8 Å². The zero-order valence-electron chi connectivity index (χ0n) is 12.6. The minimum atomic E-state index is 0.521. The van der Waals surface area contributed by atoms with E-state index in [0.29, 0.717) is 12.1 Å². The van der Waals surface area contributed by atoms with Crippen LogP contribution in [0.15, 0.2) is 30.3 Å². The summed E-state index contributed by atoms with van der Waals surface area (Å²) in [5.41, 5.74) is 3.59. The summed E-state index contributed by atoms with van der Waals surface area (Å²) >= 11 is 0. The number of hydrogen-bond acceptors (Lipinski definition) is 2. The first kappa shape index (κ1) is 13.2. The van der Waals surface area contributed by atoms with Crippen molar-refractivity contribution in [2.75, 3.05) is 5.32 Å². The lowest BCUT2D eigenvalue weighted by atomic mass is 10.00. The molecule has 0 bridgehead atoms. The predicted octanol–water partition coefficient (Wildman–Crippen LogP) is 4.40. The SMILES string of the molecule is CCC1CC(CC)n2nc(-c3ccccc3)c(C)c2N1. The zero-order chi connectivity index (χ0) is 14.1. The Balaban J connectivity index is 2.07. The fraction of sp³-hybridized carbons (Fsp3) is 0.471. The summed E-state index contributed by atoms with van der Waals surface area (Å²) < 4.78 is 2.21. The van der Waals surface area contributed by atoms with Gasteiger partial charge in [0.05, 0.1) is 11.7 Å². The van der Waals surface area contributed by atoms with Crippen molar-refractivity contribution in [3.63, 3.8) is 0 Å². The standard InChI is InChI=1S/C17H23N3/c1-4-14-11-15(5-2)20-17(18-14)12(3)16(19-20)13-9-7-6-8-10-13/h6-10,14-15,18H,4-5,11H2,1-3H3. The highest BCUT2D eigenvalue weighted by Gasteiger charge is 2.28. The summed E-state index contributed by atoms with van der Waals surface area (Å²) in [6.45, 7) is 6.69. The molecule has 0 saturated heterocycles. The van der Waals surface area contributed by atoms with E-state index in [-0.39, 0.29) is 0 Å². The van der Waals surface area contributed by atoms with E-state index >= 15 is 0 Å². The Morgan fingerprint density at radius 3 is 2.60 bits per heavy atom. The highest BCUT2D eigenvalue weighted by atomic mass is 15.4. The molecule has 2 heterocycles. The molecule has 2 unspecified atom stereocenters. The summed E-state index contributed by atoms with van der Waals surface area (Å²) in [7, 11) is 0. The van der Waals surface area contributed by atoms with Gasteiger partial charge in [-0.05, 0) is 26.2 Å². The Bertz CT molecular complexity index is 586. The van der Waals surface area contributed by atoms with Crippen molar-refractivity contribution in [2.45, 2.75) is 52.1 Å². The number of nitrogens with one attached hydrogen (secondary N) is 1. The maximum Gasteiger partial charge on any atom is 0.128 e. The predicted molar refractivity (Wildman–Crippen MR) is 84.0 cm³/mol. The Kier molecular flexibility index (Phi) is 3.51. The summed E-state index contributed by atoms with van der Waals surface area (Å²) in [5, 5.41) is 8.57. The molecule has 0 amide bonds. The highest BCUT2D eigenvalue weighted by Crippen LogP contribution is 2.36. The molecule has 2 aromatic rings. The van der Waals surface area contributed by atoms with Crippen LogP contribution >= 0.6 is 0 Å². The van der Waals surface area contributed by atoms with Gasteiger partial charge in [0, 0.05) is 17.2 Å². The lowest BCUT2D eigenvalue weighted by Crippen LogP contribution is -2.31. The molecule has 106 valence electrons. The zero-order valence-corrected chi connectivity index (χ0v) is 12.6. The molecule has 1 aliphatic rings. The van der Waals surface area contributed by atoms with Crippen molar-refractivity contribution in [1.29, 1.82) is 0 Å². The lowest BCUT2D eigenvalue weighted by Gasteiger charge is -2.31. The van der Waals surface area contributed by atoms with Crippen LogP contribution in [-0.2, 0) is 0 Å². The molecule has 0 aliphatic carbocycles. The third kappa shape index (κ3) is 2.11. The first-order chi connectivity index (χ1) is 9.74. The van der Waals surface area contributed by atoms with E-state index in [2.05, 4.69) is 61.1 Å². The molecular formula is C17H23N3. The molecule has 1 aliphatic heterocycles. The fourth-order valence-corrected chi connectivity index (χ4v) is 3.11. The Labute approximate surface area is 121 Å². The van der Waals surface area contributed by atoms with E-state index in [1.54, 1.807) is 0 Å². The first-order valence-corrected chi connectivity index (χ1v) is 7.65. The molecule has 1 aromatic heterocycles. The molecular weight excluding hydrogens is 246 g/mol. The molecule has 0 spiro atoms. The van der Waals surface area contributed by atoms with Crippen LogP contribution in [0.1, 0.15) is 44.7 Å². The van der Waals surface area contributed by atoms with Crippen molar-refractivity contribution in [3.8, 4) is 11.3 Å². The van der Waals surface area contributed by atoms with Crippen LogP contribution in [0.3, 0.4) is 0 Å². The van der Waals surface area contributed by atoms with Gasteiger partial charge < -0.3 is 5.32 Å². The van der Waals surface area contributed by atoms with Crippen LogP contribution in [0, 0.1) is 6.92 Å². The van der Waals surface area contributed by atoms with Crippen LogP contribution in [0.2, 0.25) is 0 Å². The quantitative estimate of drug-likeness (QED) is 0.894. The summed E-state index contributed by atoms with van der Waals surface area (Å²) in [6, 6.07) is 11.6. The molecule has 0 radical (unpaired) electrons. The van der Waals surface area contributed by atoms with Crippen molar-refractivity contribution in [2.24, 2.45) is 0 Å². The number of hydrogen-bond donors (Lipinski definition) is 1. The molecule has 1 N–H and O–H groups in total. The molecule has 3 heteroatoms. The Hall–Kier alpha value is -1.77. The average molecular weight is 269 g/mol. The van der Waals surface area contributed by atoms with E-state index in [1.807, 2.05) is 0 Å². The first-order valence-electron chi connectivity index (χ1n) is 7.65. The van der Waals surface area contributed by atoms with E-state index in [9.17, 15) is 0 Å². The van der Waals surface area contributed by atoms with E-state index in [4.69, 9.17) is 5.10 Å². The van der Waals surface area contributed by atoms with Crippen LogP contribution in [0.4, 0.5) is 5.82 Å². The number of benzene rings is 1.